The molecule has 5 heteroatoms. The van der Waals surface area contributed by atoms with Gasteiger partial charge in [-0.2, -0.15) is 0 Å². The van der Waals surface area contributed by atoms with Crippen LogP contribution in [0.15, 0.2) is 0 Å². The van der Waals surface area contributed by atoms with Crippen molar-refractivity contribution >= 4 is 24.8 Å². The van der Waals surface area contributed by atoms with Gasteiger partial charge in [0.2, 0.25) is 0 Å². The average molecular weight is 205 g/mol. The fourth-order valence-corrected chi connectivity index (χ4v) is 0.509. The number of hydrogen-bond acceptors (Lipinski definition) is 3. The van der Waals surface area contributed by atoms with Gasteiger partial charge < -0.3 is 0 Å². The molecule has 0 aromatic carbocycles. The van der Waals surface area contributed by atoms with Gasteiger partial charge in [-0.05, 0) is 6.92 Å². The first-order valence-electron chi connectivity index (χ1n) is 3.47. The second-order valence-electron chi connectivity index (χ2n) is 1.70. The lowest BCUT2D eigenvalue weighted by atomic mass is 10.6. The minimum absolute atomic E-state index is 0. The number of nitrogens with one attached hydrogen (secondary N) is 1. The topological polar surface area (TPSA) is 24.5 Å². The summed E-state index contributed by atoms with van der Waals surface area (Å²) in [5.74, 6) is 0. The van der Waals surface area contributed by atoms with Gasteiger partial charge in [-0.1, -0.05) is 13.8 Å². The molecule has 0 aliphatic heterocycles. The van der Waals surface area contributed by atoms with E-state index in [2.05, 4.69) is 19.4 Å². The molecule has 0 atom stereocenters. The Morgan fingerprint density at radius 3 is 1.82 bits per heavy atom. The molecule has 0 amide bonds. The zero-order chi connectivity index (χ0) is 7.11. The molecule has 0 heterocycles. The van der Waals surface area contributed by atoms with Crippen molar-refractivity contribution < 1.29 is 4.84 Å². The quantitative estimate of drug-likeness (QED) is 0.690. The molecule has 0 fully saturated rings. The Bertz CT molecular complexity index is 62.5. The molecule has 0 saturated heterocycles. The van der Waals surface area contributed by atoms with E-state index in [4.69, 9.17) is 4.84 Å². The highest BCUT2D eigenvalue weighted by Gasteiger charge is 1.93. The summed E-state index contributed by atoms with van der Waals surface area (Å²) in [5, 5.41) is 1.99. The van der Waals surface area contributed by atoms with Crippen LogP contribution in [0.1, 0.15) is 20.8 Å². The largest absolute Gasteiger partial charge is 0.287 e. The maximum Gasteiger partial charge on any atom is 0.0670 e. The van der Waals surface area contributed by atoms with E-state index in [1.54, 1.807) is 0 Å². The third-order valence-corrected chi connectivity index (χ3v) is 1.10. The Morgan fingerprint density at radius 2 is 1.55 bits per heavy atom. The van der Waals surface area contributed by atoms with E-state index < -0.39 is 0 Å². The zero-order valence-corrected chi connectivity index (χ0v) is 8.93. The average Bonchev–Trinajstić information content (AvgIpc) is 1.91. The van der Waals surface area contributed by atoms with E-state index in [0.717, 1.165) is 13.1 Å². The molecular weight excluding hydrogens is 187 g/mol. The normalized spacial score (nSPS) is 8.73. The van der Waals surface area contributed by atoms with Crippen LogP contribution < -0.4 is 5.59 Å². The number of hydrogen-bond donors (Lipinski definition) is 1. The minimum atomic E-state index is 0. The van der Waals surface area contributed by atoms with Crippen LogP contribution in [0.5, 0.6) is 0 Å². The first-order valence-corrected chi connectivity index (χ1v) is 3.47. The van der Waals surface area contributed by atoms with Crippen LogP contribution in [0.2, 0.25) is 0 Å². The highest BCUT2D eigenvalue weighted by Crippen LogP contribution is 1.78. The summed E-state index contributed by atoms with van der Waals surface area (Å²) in [7, 11) is 0. The van der Waals surface area contributed by atoms with Gasteiger partial charge in [0.1, 0.15) is 0 Å². The van der Waals surface area contributed by atoms with Crippen molar-refractivity contribution in [2.75, 3.05) is 19.7 Å². The standard InChI is InChI=1S/C6H16N2O.2ClH/c1-4-8(5-2)7-9-6-3;;/h7H,4-6H2,1-3H3;2*1H. The highest BCUT2D eigenvalue weighted by atomic mass is 35.5. The zero-order valence-electron chi connectivity index (χ0n) is 7.29. The molecule has 11 heavy (non-hydrogen) atoms. The first-order chi connectivity index (χ1) is 4.35. The maximum atomic E-state index is 4.95. The van der Waals surface area contributed by atoms with Crippen LogP contribution in [0.25, 0.3) is 0 Å². The predicted octanol–water partition coefficient (Wildman–Crippen LogP) is 1.63. The van der Waals surface area contributed by atoms with Gasteiger partial charge in [0.05, 0.1) is 6.61 Å². The highest BCUT2D eigenvalue weighted by molar-refractivity contribution is 5.85. The Hall–Kier alpha value is 0.460. The van der Waals surface area contributed by atoms with Gasteiger partial charge >= 0.3 is 0 Å². The fourth-order valence-electron chi connectivity index (χ4n) is 0.509. The van der Waals surface area contributed by atoms with Crippen LogP contribution >= 0.6 is 24.8 Å². The Morgan fingerprint density at radius 1 is 1.09 bits per heavy atom. The molecule has 0 unspecified atom stereocenters. The van der Waals surface area contributed by atoms with Crippen LogP contribution in [0.3, 0.4) is 0 Å². The summed E-state index contributed by atoms with van der Waals surface area (Å²) in [4.78, 5) is 4.95. The van der Waals surface area contributed by atoms with Gasteiger partial charge in [-0.25, -0.2) is 5.01 Å². The van der Waals surface area contributed by atoms with E-state index in [9.17, 15) is 0 Å². The Balaban J connectivity index is -0.000000320. The van der Waals surface area contributed by atoms with Gasteiger partial charge in [0.15, 0.2) is 0 Å². The molecular formula is C6H18Cl2N2O. The Kier molecular flexibility index (Phi) is 20.8. The van der Waals surface area contributed by atoms with Crippen molar-refractivity contribution in [1.29, 1.82) is 0 Å². The van der Waals surface area contributed by atoms with Crippen molar-refractivity contribution in [3.8, 4) is 0 Å². The van der Waals surface area contributed by atoms with E-state index in [1.807, 2.05) is 11.9 Å². The van der Waals surface area contributed by atoms with Crippen LogP contribution in [-0.2, 0) is 4.84 Å². The third-order valence-electron chi connectivity index (χ3n) is 1.10. The van der Waals surface area contributed by atoms with Crippen molar-refractivity contribution in [3.05, 3.63) is 0 Å². The van der Waals surface area contributed by atoms with E-state index in [-0.39, 0.29) is 24.8 Å². The molecule has 0 rings (SSSR count). The van der Waals surface area contributed by atoms with Crippen LogP contribution in [-0.4, -0.2) is 24.7 Å². The summed E-state index contributed by atoms with van der Waals surface area (Å²) in [6, 6.07) is 0. The second-order valence-corrected chi connectivity index (χ2v) is 1.70. The van der Waals surface area contributed by atoms with Gasteiger partial charge in [0.25, 0.3) is 0 Å². The molecule has 0 aliphatic rings. The number of nitrogens with zero attached hydrogens (tertiary/aromatic N) is 1. The van der Waals surface area contributed by atoms with Crippen molar-refractivity contribution in [3.63, 3.8) is 0 Å². The maximum absolute atomic E-state index is 4.95. The molecule has 1 N–H and O–H groups in total. The molecule has 3 nitrogen and oxygen atoms in total. The SMILES string of the molecule is CCONN(CC)CC.Cl.Cl. The Labute approximate surface area is 81.2 Å². The molecule has 0 spiro atoms. The van der Waals surface area contributed by atoms with Crippen molar-refractivity contribution in [1.82, 2.24) is 10.6 Å². The summed E-state index contributed by atoms with van der Waals surface area (Å²) < 4.78 is 0. The summed E-state index contributed by atoms with van der Waals surface area (Å²) >= 11 is 0. The molecule has 0 aromatic rings. The molecule has 72 valence electrons. The van der Waals surface area contributed by atoms with Crippen LogP contribution in [0.4, 0.5) is 0 Å². The third kappa shape index (κ3) is 10.5. The van der Waals surface area contributed by atoms with E-state index in [0.29, 0.717) is 6.61 Å². The molecule has 0 aromatic heterocycles. The molecule has 0 aliphatic carbocycles. The molecule has 0 bridgehead atoms. The molecule has 0 radical (unpaired) electrons. The second kappa shape index (κ2) is 13.1. The van der Waals surface area contributed by atoms with Gasteiger partial charge in [-0.15, -0.1) is 30.4 Å². The van der Waals surface area contributed by atoms with Crippen molar-refractivity contribution in [2.45, 2.75) is 20.8 Å². The molecule has 0 saturated carbocycles. The van der Waals surface area contributed by atoms with Gasteiger partial charge in [0, 0.05) is 13.1 Å². The number of halogens is 2. The lowest BCUT2D eigenvalue weighted by molar-refractivity contribution is -0.0739. The summed E-state index contributed by atoms with van der Waals surface area (Å²) in [6.45, 7) is 8.75. The number of rotatable bonds is 5. The first kappa shape index (κ1) is 17.5. The number of hydrazine groups is 1. The smallest absolute Gasteiger partial charge is 0.0670 e. The van der Waals surface area contributed by atoms with Gasteiger partial charge in [-0.3, -0.25) is 4.84 Å². The van der Waals surface area contributed by atoms with Crippen LogP contribution in [0, 0.1) is 0 Å². The minimum Gasteiger partial charge on any atom is -0.287 e. The predicted molar refractivity (Wildman–Crippen MR) is 52.2 cm³/mol. The van der Waals surface area contributed by atoms with E-state index in [1.165, 1.54) is 0 Å². The lowest BCUT2D eigenvalue weighted by Crippen LogP contribution is -2.37. The van der Waals surface area contributed by atoms with E-state index >= 15 is 0 Å². The fraction of sp³-hybridized carbons (Fsp3) is 1.00. The van der Waals surface area contributed by atoms with Crippen molar-refractivity contribution in [2.24, 2.45) is 0 Å². The summed E-state index contributed by atoms with van der Waals surface area (Å²) in [5.41, 5.74) is 2.80. The summed E-state index contributed by atoms with van der Waals surface area (Å²) in [6.07, 6.45) is 0. The lowest BCUT2D eigenvalue weighted by Gasteiger charge is -2.17. The monoisotopic (exact) mass is 204 g/mol.